The quantitative estimate of drug-likeness (QED) is 0.859. The molecule has 0 aromatic heterocycles. The lowest BCUT2D eigenvalue weighted by Gasteiger charge is -2.43. The van der Waals surface area contributed by atoms with E-state index in [9.17, 15) is 0 Å². The first kappa shape index (κ1) is 16.5. The highest BCUT2D eigenvalue weighted by Crippen LogP contribution is 2.29. The second kappa shape index (κ2) is 6.93. The van der Waals surface area contributed by atoms with E-state index in [0.717, 1.165) is 12.8 Å². The average Bonchev–Trinajstić information content (AvgIpc) is 3.01. The zero-order valence-electron chi connectivity index (χ0n) is 14.2. The first-order valence-corrected chi connectivity index (χ1v) is 8.57. The Labute approximate surface area is 130 Å². The number of rotatable bonds is 6. The summed E-state index contributed by atoms with van der Waals surface area (Å²) in [7, 11) is 0. The molecule has 1 saturated heterocycles. The molecular formula is C19H32N2. The summed E-state index contributed by atoms with van der Waals surface area (Å²) in [6.07, 6.45) is 4.74. The largest absolute Gasteiger partial charge is 0.326 e. The van der Waals surface area contributed by atoms with Gasteiger partial charge < -0.3 is 5.73 Å². The van der Waals surface area contributed by atoms with Crippen LogP contribution in [0.25, 0.3) is 0 Å². The van der Waals surface area contributed by atoms with Crippen LogP contribution in [0.3, 0.4) is 0 Å². The summed E-state index contributed by atoms with van der Waals surface area (Å²) in [5.41, 5.74) is 9.54. The molecule has 0 amide bonds. The summed E-state index contributed by atoms with van der Waals surface area (Å²) in [6, 6.07) is 9.23. The predicted octanol–water partition coefficient (Wildman–Crippen LogP) is 3.94. The van der Waals surface area contributed by atoms with Gasteiger partial charge >= 0.3 is 0 Å². The zero-order chi connectivity index (χ0) is 15.5. The highest BCUT2D eigenvalue weighted by atomic mass is 15.2. The van der Waals surface area contributed by atoms with E-state index < -0.39 is 0 Å². The predicted molar refractivity (Wildman–Crippen MR) is 91.7 cm³/mol. The monoisotopic (exact) mass is 288 g/mol. The van der Waals surface area contributed by atoms with Crippen molar-refractivity contribution in [1.82, 2.24) is 4.90 Å². The molecular weight excluding hydrogens is 256 g/mol. The van der Waals surface area contributed by atoms with E-state index in [2.05, 4.69) is 56.9 Å². The minimum absolute atomic E-state index is 0.132. The lowest BCUT2D eigenvalue weighted by atomic mass is 9.84. The summed E-state index contributed by atoms with van der Waals surface area (Å²) >= 11 is 0. The molecule has 1 aliphatic heterocycles. The van der Waals surface area contributed by atoms with Crippen LogP contribution in [0.4, 0.5) is 0 Å². The van der Waals surface area contributed by atoms with Crippen molar-refractivity contribution in [3.8, 4) is 0 Å². The molecule has 1 aromatic carbocycles. The van der Waals surface area contributed by atoms with Crippen molar-refractivity contribution in [1.29, 1.82) is 0 Å². The number of nitrogens with two attached hydrogens (primary N) is 1. The van der Waals surface area contributed by atoms with Gasteiger partial charge in [0.1, 0.15) is 0 Å². The van der Waals surface area contributed by atoms with E-state index in [4.69, 9.17) is 5.73 Å². The minimum Gasteiger partial charge on any atom is -0.326 e. The topological polar surface area (TPSA) is 29.3 Å². The van der Waals surface area contributed by atoms with Gasteiger partial charge in [-0.3, -0.25) is 4.90 Å². The Hall–Kier alpha value is -0.860. The molecule has 2 atom stereocenters. The zero-order valence-corrected chi connectivity index (χ0v) is 14.2. The number of likely N-dealkylation sites (tertiary alicyclic amines) is 1. The molecule has 0 saturated carbocycles. The third-order valence-corrected chi connectivity index (χ3v) is 5.45. The fourth-order valence-electron chi connectivity index (χ4n) is 3.46. The van der Waals surface area contributed by atoms with Crippen LogP contribution in [0.5, 0.6) is 0 Å². The maximum atomic E-state index is 6.63. The Morgan fingerprint density at radius 2 is 1.71 bits per heavy atom. The van der Waals surface area contributed by atoms with E-state index in [1.807, 2.05) is 0 Å². The molecule has 0 aliphatic carbocycles. The standard InChI is InChI=1S/C19H32N2/c1-5-19(4,21-12-6-7-13-21)18(20)14-16-8-10-17(11-9-16)15(2)3/h8-11,15,18H,5-7,12-14,20H2,1-4H3. The van der Waals surface area contributed by atoms with Crippen LogP contribution in [0.15, 0.2) is 24.3 Å². The van der Waals surface area contributed by atoms with E-state index in [-0.39, 0.29) is 11.6 Å². The first-order valence-electron chi connectivity index (χ1n) is 8.57. The molecule has 1 aromatic rings. The van der Waals surface area contributed by atoms with Crippen LogP contribution >= 0.6 is 0 Å². The Morgan fingerprint density at radius 3 is 2.19 bits per heavy atom. The van der Waals surface area contributed by atoms with Gasteiger partial charge in [0, 0.05) is 11.6 Å². The number of hydrogen-bond donors (Lipinski definition) is 1. The normalized spacial score (nSPS) is 20.7. The van der Waals surface area contributed by atoms with E-state index >= 15 is 0 Å². The van der Waals surface area contributed by atoms with Crippen molar-refractivity contribution < 1.29 is 0 Å². The van der Waals surface area contributed by atoms with Crippen molar-refractivity contribution in [2.24, 2.45) is 5.73 Å². The third kappa shape index (κ3) is 3.67. The molecule has 0 spiro atoms. The van der Waals surface area contributed by atoms with Gasteiger partial charge in [0.05, 0.1) is 0 Å². The minimum atomic E-state index is 0.132. The lowest BCUT2D eigenvalue weighted by molar-refractivity contribution is 0.0999. The number of hydrogen-bond acceptors (Lipinski definition) is 2. The number of nitrogens with zero attached hydrogens (tertiary/aromatic N) is 1. The molecule has 2 rings (SSSR count). The molecule has 0 radical (unpaired) electrons. The van der Waals surface area contributed by atoms with Crippen LogP contribution < -0.4 is 5.73 Å². The van der Waals surface area contributed by atoms with Gasteiger partial charge in [0.25, 0.3) is 0 Å². The van der Waals surface area contributed by atoms with Gasteiger partial charge in [-0.05, 0) is 62.7 Å². The van der Waals surface area contributed by atoms with Crippen molar-refractivity contribution in [2.45, 2.75) is 70.9 Å². The summed E-state index contributed by atoms with van der Waals surface area (Å²) < 4.78 is 0. The van der Waals surface area contributed by atoms with E-state index in [1.165, 1.54) is 37.1 Å². The fraction of sp³-hybridized carbons (Fsp3) is 0.684. The van der Waals surface area contributed by atoms with Crippen LogP contribution in [-0.2, 0) is 6.42 Å². The van der Waals surface area contributed by atoms with Crippen LogP contribution in [0, 0.1) is 0 Å². The molecule has 1 fully saturated rings. The summed E-state index contributed by atoms with van der Waals surface area (Å²) in [5.74, 6) is 0.596. The highest BCUT2D eigenvalue weighted by molar-refractivity contribution is 5.25. The van der Waals surface area contributed by atoms with Gasteiger partial charge in [-0.1, -0.05) is 45.0 Å². The third-order valence-electron chi connectivity index (χ3n) is 5.45. The van der Waals surface area contributed by atoms with Crippen molar-refractivity contribution >= 4 is 0 Å². The molecule has 2 heteroatoms. The van der Waals surface area contributed by atoms with Crippen LogP contribution in [0.2, 0.25) is 0 Å². The molecule has 1 aliphatic rings. The van der Waals surface area contributed by atoms with Gasteiger partial charge in [-0.25, -0.2) is 0 Å². The van der Waals surface area contributed by atoms with Gasteiger partial charge in [0.15, 0.2) is 0 Å². The van der Waals surface area contributed by atoms with Gasteiger partial charge in [-0.2, -0.15) is 0 Å². The molecule has 2 N–H and O–H groups in total. The molecule has 1 heterocycles. The molecule has 2 nitrogen and oxygen atoms in total. The fourth-order valence-corrected chi connectivity index (χ4v) is 3.46. The number of benzene rings is 1. The van der Waals surface area contributed by atoms with E-state index in [0.29, 0.717) is 5.92 Å². The molecule has 2 unspecified atom stereocenters. The second-order valence-electron chi connectivity index (χ2n) is 7.11. The van der Waals surface area contributed by atoms with Crippen molar-refractivity contribution in [3.63, 3.8) is 0 Å². The van der Waals surface area contributed by atoms with Gasteiger partial charge in [0.2, 0.25) is 0 Å². The van der Waals surface area contributed by atoms with Gasteiger partial charge in [-0.15, -0.1) is 0 Å². The Bertz CT molecular complexity index is 431. The van der Waals surface area contributed by atoms with Crippen LogP contribution in [-0.4, -0.2) is 29.6 Å². The molecule has 21 heavy (non-hydrogen) atoms. The molecule has 118 valence electrons. The molecule has 0 bridgehead atoms. The highest BCUT2D eigenvalue weighted by Gasteiger charge is 2.37. The summed E-state index contributed by atoms with van der Waals surface area (Å²) in [6.45, 7) is 11.5. The van der Waals surface area contributed by atoms with Crippen LogP contribution in [0.1, 0.15) is 64.0 Å². The maximum absolute atomic E-state index is 6.63. The lowest BCUT2D eigenvalue weighted by Crippen LogP contribution is -2.57. The second-order valence-corrected chi connectivity index (χ2v) is 7.11. The van der Waals surface area contributed by atoms with E-state index in [1.54, 1.807) is 0 Å². The maximum Gasteiger partial charge on any atom is 0.0332 e. The summed E-state index contributed by atoms with van der Waals surface area (Å²) in [4.78, 5) is 2.61. The Morgan fingerprint density at radius 1 is 1.14 bits per heavy atom. The smallest absolute Gasteiger partial charge is 0.0332 e. The SMILES string of the molecule is CCC(C)(C(N)Cc1ccc(C(C)C)cc1)N1CCCC1. The average molecular weight is 288 g/mol. The van der Waals surface area contributed by atoms with Crippen molar-refractivity contribution in [3.05, 3.63) is 35.4 Å². The Kier molecular flexibility index (Phi) is 5.45. The van der Waals surface area contributed by atoms with Crippen molar-refractivity contribution in [2.75, 3.05) is 13.1 Å². The Balaban J connectivity index is 2.06. The summed E-state index contributed by atoms with van der Waals surface area (Å²) in [5, 5.41) is 0. The first-order chi connectivity index (χ1) is 9.97.